The van der Waals surface area contributed by atoms with Gasteiger partial charge < -0.3 is 22.1 Å². The number of hydrogen-bond donors (Lipinski definition) is 4. The molecule has 6 heteroatoms. The maximum absolute atomic E-state index is 6.35. The molecule has 29 heavy (non-hydrogen) atoms. The zero-order chi connectivity index (χ0) is 20.8. The lowest BCUT2D eigenvalue weighted by Gasteiger charge is -2.22. The van der Waals surface area contributed by atoms with Crippen LogP contribution < -0.4 is 22.1 Å². The molecule has 6 N–H and O–H groups in total. The summed E-state index contributed by atoms with van der Waals surface area (Å²) in [4.78, 5) is 4.12. The summed E-state index contributed by atoms with van der Waals surface area (Å²) in [7, 11) is 1.74. The molecule has 152 valence electrons. The Hall–Kier alpha value is -2.92. The van der Waals surface area contributed by atoms with E-state index in [0.717, 1.165) is 58.2 Å². The number of fused-ring (bicyclic) bond motifs is 1. The predicted molar refractivity (Wildman–Crippen MR) is 125 cm³/mol. The number of halogens is 1. The van der Waals surface area contributed by atoms with Crippen molar-refractivity contribution in [1.29, 1.82) is 0 Å². The van der Waals surface area contributed by atoms with E-state index in [2.05, 4.69) is 40.7 Å². The van der Waals surface area contributed by atoms with Gasteiger partial charge in [-0.25, -0.2) is 0 Å². The van der Waals surface area contributed by atoms with Gasteiger partial charge in [-0.05, 0) is 54.3 Å². The summed E-state index contributed by atoms with van der Waals surface area (Å²) in [5, 5.41) is 7.90. The summed E-state index contributed by atoms with van der Waals surface area (Å²) in [5.41, 5.74) is 19.3. The fourth-order valence-corrected chi connectivity index (χ4v) is 3.69. The number of aliphatic imine (C=N–C) groups is 1. The first-order valence-electron chi connectivity index (χ1n) is 9.80. The first-order valence-corrected chi connectivity index (χ1v) is 10.2. The smallest absolute Gasteiger partial charge is 0.0608 e. The van der Waals surface area contributed by atoms with E-state index in [1.165, 1.54) is 5.56 Å². The van der Waals surface area contributed by atoms with Crippen molar-refractivity contribution >= 4 is 34.8 Å². The van der Waals surface area contributed by atoms with Gasteiger partial charge in [0.1, 0.15) is 0 Å². The zero-order valence-corrected chi connectivity index (χ0v) is 17.6. The molecular weight excluding hydrogens is 382 g/mol. The van der Waals surface area contributed by atoms with Crippen molar-refractivity contribution in [3.63, 3.8) is 0 Å². The normalized spacial score (nSPS) is 18.7. The topological polar surface area (TPSA) is 88.5 Å². The highest BCUT2D eigenvalue weighted by molar-refractivity contribution is 6.30. The molecular formula is C23H28ClN5. The van der Waals surface area contributed by atoms with Gasteiger partial charge in [0.25, 0.3) is 0 Å². The molecule has 1 aliphatic rings. The van der Waals surface area contributed by atoms with Crippen LogP contribution in [-0.2, 0) is 0 Å². The van der Waals surface area contributed by atoms with E-state index in [-0.39, 0.29) is 6.04 Å². The second kappa shape index (κ2) is 9.52. The van der Waals surface area contributed by atoms with Gasteiger partial charge in [-0.1, -0.05) is 30.7 Å². The van der Waals surface area contributed by atoms with Crippen LogP contribution in [0.2, 0.25) is 5.02 Å². The van der Waals surface area contributed by atoms with E-state index >= 15 is 0 Å². The van der Waals surface area contributed by atoms with Crippen LogP contribution in [0.3, 0.4) is 0 Å². The van der Waals surface area contributed by atoms with Crippen LogP contribution >= 0.6 is 11.6 Å². The van der Waals surface area contributed by atoms with Crippen molar-refractivity contribution < 1.29 is 0 Å². The molecule has 0 amide bonds. The van der Waals surface area contributed by atoms with E-state index in [0.29, 0.717) is 0 Å². The van der Waals surface area contributed by atoms with Gasteiger partial charge in [0.2, 0.25) is 0 Å². The molecule has 0 bridgehead atoms. The van der Waals surface area contributed by atoms with Crippen LogP contribution in [0.25, 0.3) is 11.3 Å². The third-order valence-corrected chi connectivity index (χ3v) is 5.35. The molecule has 0 saturated carbocycles. The maximum Gasteiger partial charge on any atom is 0.0608 e. The third-order valence-electron chi connectivity index (χ3n) is 5.10. The fraction of sp³-hybridized carbons (Fsp3) is 0.261. The number of hydrogen-bond acceptors (Lipinski definition) is 5. The number of benzene rings is 2. The van der Waals surface area contributed by atoms with Gasteiger partial charge in [-0.15, -0.1) is 0 Å². The molecule has 1 heterocycles. The molecule has 1 aliphatic heterocycles. The molecule has 0 aromatic heterocycles. The molecule has 0 aliphatic carbocycles. The van der Waals surface area contributed by atoms with Gasteiger partial charge >= 0.3 is 0 Å². The maximum atomic E-state index is 6.35. The van der Waals surface area contributed by atoms with Crippen LogP contribution in [-0.4, -0.2) is 19.8 Å². The first kappa shape index (κ1) is 20.8. The Balaban J connectivity index is 2.10. The lowest BCUT2D eigenvalue weighted by Crippen LogP contribution is -2.17. The standard InChI is InChI=1S/C23H28ClN5/c1-3-21(26)23-19-9-4-15(16(13-25)14-27-2)12-20(19)22(10-11-28-23)29-18-7-5-17(24)6-8-18/h4-9,12-14,22,28-29H,3,10-11,25-26H2,1-2H3/b16-13?,23-21-,27-14?. The molecule has 1 unspecified atom stereocenters. The van der Waals surface area contributed by atoms with Crippen molar-refractivity contribution in [3.05, 3.63) is 76.1 Å². The van der Waals surface area contributed by atoms with E-state index < -0.39 is 0 Å². The van der Waals surface area contributed by atoms with Crippen molar-refractivity contribution in [2.45, 2.75) is 25.8 Å². The summed E-state index contributed by atoms with van der Waals surface area (Å²) in [6, 6.07) is 14.2. The number of allylic oxidation sites excluding steroid dienone is 2. The second-order valence-electron chi connectivity index (χ2n) is 6.98. The summed E-state index contributed by atoms with van der Waals surface area (Å²) in [6.07, 6.45) is 5.05. The summed E-state index contributed by atoms with van der Waals surface area (Å²) in [5.74, 6) is 0. The van der Waals surface area contributed by atoms with Crippen LogP contribution in [0, 0.1) is 0 Å². The summed E-state index contributed by atoms with van der Waals surface area (Å²) >= 11 is 6.04. The number of nitrogens with two attached hydrogens (primary N) is 2. The molecule has 0 radical (unpaired) electrons. The van der Waals surface area contributed by atoms with E-state index in [1.54, 1.807) is 19.5 Å². The van der Waals surface area contributed by atoms with Gasteiger partial charge in [0.05, 0.1) is 11.7 Å². The predicted octanol–water partition coefficient (Wildman–Crippen LogP) is 4.52. The lowest BCUT2D eigenvalue weighted by atomic mass is 9.92. The van der Waals surface area contributed by atoms with Crippen molar-refractivity contribution in [2.75, 3.05) is 18.9 Å². The Labute approximate surface area is 177 Å². The van der Waals surface area contributed by atoms with Gasteiger partial charge in [0, 0.05) is 53.6 Å². The van der Waals surface area contributed by atoms with Gasteiger partial charge in [-0.3, -0.25) is 4.99 Å². The molecule has 5 nitrogen and oxygen atoms in total. The molecule has 0 saturated heterocycles. The zero-order valence-electron chi connectivity index (χ0n) is 16.9. The minimum absolute atomic E-state index is 0.110. The lowest BCUT2D eigenvalue weighted by molar-refractivity contribution is 0.682. The number of rotatable bonds is 5. The summed E-state index contributed by atoms with van der Waals surface area (Å²) < 4.78 is 0. The quantitative estimate of drug-likeness (QED) is 0.546. The molecule has 0 spiro atoms. The highest BCUT2D eigenvalue weighted by Crippen LogP contribution is 2.34. The highest BCUT2D eigenvalue weighted by atomic mass is 35.5. The van der Waals surface area contributed by atoms with Gasteiger partial charge in [0.15, 0.2) is 0 Å². The largest absolute Gasteiger partial charge is 0.404 e. The van der Waals surface area contributed by atoms with Crippen LogP contribution in [0.5, 0.6) is 0 Å². The highest BCUT2D eigenvalue weighted by Gasteiger charge is 2.23. The molecule has 0 fully saturated rings. The van der Waals surface area contributed by atoms with Gasteiger partial charge in [-0.2, -0.15) is 0 Å². The Morgan fingerprint density at radius 3 is 2.69 bits per heavy atom. The number of nitrogens with one attached hydrogen (secondary N) is 2. The van der Waals surface area contributed by atoms with Crippen molar-refractivity contribution in [2.24, 2.45) is 16.5 Å². The van der Waals surface area contributed by atoms with E-state index in [9.17, 15) is 0 Å². The first-order chi connectivity index (χ1) is 14.1. The second-order valence-corrected chi connectivity index (χ2v) is 7.42. The number of nitrogens with zero attached hydrogens (tertiary/aromatic N) is 1. The van der Waals surface area contributed by atoms with Crippen LogP contribution in [0.15, 0.2) is 59.4 Å². The molecule has 2 aromatic rings. The monoisotopic (exact) mass is 409 g/mol. The fourth-order valence-electron chi connectivity index (χ4n) is 3.56. The minimum Gasteiger partial charge on any atom is -0.404 e. The van der Waals surface area contributed by atoms with Crippen LogP contribution in [0.4, 0.5) is 5.69 Å². The Morgan fingerprint density at radius 1 is 1.28 bits per heavy atom. The Kier molecular flexibility index (Phi) is 6.83. The van der Waals surface area contributed by atoms with E-state index in [1.807, 2.05) is 24.3 Å². The molecule has 1 atom stereocenters. The SMILES string of the molecule is CC/C(N)=C1/NCCC(Nc2ccc(Cl)cc2)c2cc(C(C=NC)=CN)ccc21. The van der Waals surface area contributed by atoms with E-state index in [4.69, 9.17) is 23.1 Å². The summed E-state index contributed by atoms with van der Waals surface area (Å²) in [6.45, 7) is 2.89. The Bertz CT molecular complexity index is 944. The molecule has 3 rings (SSSR count). The van der Waals surface area contributed by atoms with Crippen LogP contribution in [0.1, 0.15) is 42.5 Å². The average Bonchev–Trinajstić information content (AvgIpc) is 2.92. The van der Waals surface area contributed by atoms with Crippen molar-refractivity contribution in [1.82, 2.24) is 5.32 Å². The minimum atomic E-state index is 0.110. The van der Waals surface area contributed by atoms with Crippen molar-refractivity contribution in [3.8, 4) is 0 Å². The average molecular weight is 410 g/mol. The Morgan fingerprint density at radius 2 is 2.03 bits per heavy atom. The number of anilines is 1. The third kappa shape index (κ3) is 4.74. The molecule has 2 aromatic carbocycles.